The van der Waals surface area contributed by atoms with Crippen molar-refractivity contribution in [2.45, 2.75) is 81.6 Å². The minimum Gasteiger partial charge on any atom is -0.476 e. The van der Waals surface area contributed by atoms with Crippen molar-refractivity contribution < 1.29 is 19.4 Å². The van der Waals surface area contributed by atoms with E-state index >= 15 is 0 Å². The van der Waals surface area contributed by atoms with Gasteiger partial charge in [-0.25, -0.2) is 4.98 Å². The number of nitrogens with one attached hydrogen (secondary N) is 2. The number of hydrogen-bond acceptors (Lipinski definition) is 6. The van der Waals surface area contributed by atoms with Crippen molar-refractivity contribution in [1.82, 2.24) is 15.6 Å². The Hall–Kier alpha value is -2.55. The number of hydrogen-bond donors (Lipinski definition) is 3. The maximum absolute atomic E-state index is 13.1. The molecule has 198 valence electrons. The number of aromatic nitrogens is 1. The highest BCUT2D eigenvalue weighted by Crippen LogP contribution is 2.39. The van der Waals surface area contributed by atoms with E-state index in [1.165, 1.54) is 0 Å². The lowest BCUT2D eigenvalue weighted by Crippen LogP contribution is -2.55. The number of piperidine rings is 1. The van der Waals surface area contributed by atoms with E-state index in [-0.39, 0.29) is 36.5 Å². The largest absolute Gasteiger partial charge is 0.476 e. The molecule has 1 aliphatic carbocycles. The number of benzene rings is 1. The van der Waals surface area contributed by atoms with Crippen LogP contribution in [0.2, 0.25) is 10.0 Å². The summed E-state index contributed by atoms with van der Waals surface area (Å²) in [7, 11) is 0. The molecule has 3 aliphatic rings. The maximum Gasteiger partial charge on any atom is 0.263 e. The summed E-state index contributed by atoms with van der Waals surface area (Å²) in [5.74, 6) is 0.854. The Balaban J connectivity index is 1.19. The lowest BCUT2D eigenvalue weighted by molar-refractivity contribution is -0.135. The Morgan fingerprint density at radius 3 is 2.43 bits per heavy atom. The summed E-state index contributed by atoms with van der Waals surface area (Å²) in [5.41, 5.74) is -1.08. The molecule has 1 aromatic heterocycles. The molecule has 37 heavy (non-hydrogen) atoms. The van der Waals surface area contributed by atoms with E-state index in [1.54, 1.807) is 44.3 Å². The standard InChI is InChI=1S/C27H32Cl2N4O4/c1-26(2,37-22-7-4-17(28)11-21(22)29)25(36)31-18-12-19-5-6-20(13-18)33(19)23-8-3-16(14-30-23)24(35)32-27(15-34)9-10-27/h3-4,7-8,11,14,18-20,34H,5-6,9-10,12-13,15H2,1-2H3,(H,31,36)(H,32,35)/t18?,19-,20+. The van der Waals surface area contributed by atoms with E-state index < -0.39 is 11.1 Å². The predicted octanol–water partition coefficient (Wildman–Crippen LogP) is 4.12. The van der Waals surface area contributed by atoms with Crippen molar-refractivity contribution in [1.29, 1.82) is 0 Å². The number of fused-ring (bicyclic) bond motifs is 2. The zero-order valence-electron chi connectivity index (χ0n) is 21.0. The number of anilines is 1. The topological polar surface area (TPSA) is 104 Å². The second-order valence-electron chi connectivity index (χ2n) is 10.9. The summed E-state index contributed by atoms with van der Waals surface area (Å²) < 4.78 is 5.95. The average molecular weight is 547 g/mol. The molecular formula is C27H32Cl2N4O4. The van der Waals surface area contributed by atoms with Gasteiger partial charge in [0.05, 0.1) is 22.7 Å². The molecule has 2 aliphatic heterocycles. The van der Waals surface area contributed by atoms with Crippen LogP contribution < -0.4 is 20.3 Å². The van der Waals surface area contributed by atoms with Gasteiger partial charge in [0.2, 0.25) is 0 Å². The summed E-state index contributed by atoms with van der Waals surface area (Å²) in [6.45, 7) is 3.41. The van der Waals surface area contributed by atoms with E-state index in [2.05, 4.69) is 20.5 Å². The van der Waals surface area contributed by atoms with E-state index in [9.17, 15) is 14.7 Å². The first-order valence-electron chi connectivity index (χ1n) is 12.7. The third kappa shape index (κ3) is 5.52. The molecule has 2 amide bonds. The molecule has 0 radical (unpaired) electrons. The normalized spacial score (nSPS) is 23.9. The first-order valence-corrected chi connectivity index (χ1v) is 13.5. The number of carbonyl (C=O) groups excluding carboxylic acids is 2. The molecule has 2 saturated heterocycles. The zero-order valence-corrected chi connectivity index (χ0v) is 22.5. The van der Waals surface area contributed by atoms with Gasteiger partial charge in [0.1, 0.15) is 11.6 Å². The van der Waals surface area contributed by atoms with Crippen molar-refractivity contribution in [2.24, 2.45) is 0 Å². The van der Waals surface area contributed by atoms with Crippen LogP contribution in [0.4, 0.5) is 5.82 Å². The van der Waals surface area contributed by atoms with Gasteiger partial charge in [-0.2, -0.15) is 0 Å². The number of amides is 2. The highest BCUT2D eigenvalue weighted by atomic mass is 35.5. The molecule has 3 N–H and O–H groups in total. The molecule has 3 atom stereocenters. The van der Waals surface area contributed by atoms with E-state index in [4.69, 9.17) is 27.9 Å². The van der Waals surface area contributed by atoms with Crippen LogP contribution in [0, 0.1) is 0 Å². The third-order valence-corrected chi connectivity index (χ3v) is 8.21. The molecule has 10 heteroatoms. The number of rotatable bonds is 8. The average Bonchev–Trinajstić information content (AvgIpc) is 3.58. The van der Waals surface area contributed by atoms with Gasteiger partial charge < -0.3 is 25.4 Å². The first kappa shape index (κ1) is 26.1. The minimum absolute atomic E-state index is 0.0306. The monoisotopic (exact) mass is 546 g/mol. The van der Waals surface area contributed by atoms with Gasteiger partial charge in [0.25, 0.3) is 11.8 Å². The predicted molar refractivity (Wildman–Crippen MR) is 142 cm³/mol. The van der Waals surface area contributed by atoms with Crippen LogP contribution in [-0.4, -0.2) is 57.8 Å². The number of aliphatic hydroxyl groups excluding tert-OH is 1. The van der Waals surface area contributed by atoms with Crippen LogP contribution in [-0.2, 0) is 4.79 Å². The Kier molecular flexibility index (Phi) is 7.02. The summed E-state index contributed by atoms with van der Waals surface area (Å²) in [6, 6.07) is 9.16. The number of pyridine rings is 1. The second-order valence-corrected chi connectivity index (χ2v) is 11.8. The van der Waals surface area contributed by atoms with E-state index in [0.29, 0.717) is 21.4 Å². The Morgan fingerprint density at radius 2 is 1.86 bits per heavy atom. The molecule has 0 spiro atoms. The van der Waals surface area contributed by atoms with E-state index in [1.807, 2.05) is 6.07 Å². The van der Waals surface area contributed by atoms with Crippen LogP contribution in [0.5, 0.6) is 5.75 Å². The summed E-state index contributed by atoms with van der Waals surface area (Å²) in [4.78, 5) is 32.6. The third-order valence-electron chi connectivity index (χ3n) is 7.68. The molecule has 2 aromatic rings. The Morgan fingerprint density at radius 1 is 1.16 bits per heavy atom. The van der Waals surface area contributed by atoms with Gasteiger partial charge in [-0.05, 0) is 82.7 Å². The van der Waals surface area contributed by atoms with Crippen LogP contribution in [0.25, 0.3) is 0 Å². The van der Waals surface area contributed by atoms with Gasteiger partial charge in [0, 0.05) is 29.3 Å². The number of carbonyl (C=O) groups is 2. The lowest BCUT2D eigenvalue weighted by atomic mass is 9.96. The Labute approximate surface area is 226 Å². The fraction of sp³-hybridized carbons (Fsp3) is 0.519. The SMILES string of the molecule is CC(C)(Oc1ccc(Cl)cc1Cl)C(=O)NC1C[C@H]2CC[C@@H](C1)N2c1ccc(C(=O)NC2(CO)CC2)cn1. The van der Waals surface area contributed by atoms with Crippen LogP contribution in [0.1, 0.15) is 62.7 Å². The van der Waals surface area contributed by atoms with Crippen molar-refractivity contribution in [2.75, 3.05) is 11.5 Å². The van der Waals surface area contributed by atoms with Crippen molar-refractivity contribution in [3.05, 3.63) is 52.1 Å². The smallest absolute Gasteiger partial charge is 0.263 e. The molecule has 8 nitrogen and oxygen atoms in total. The van der Waals surface area contributed by atoms with Crippen molar-refractivity contribution in [3.63, 3.8) is 0 Å². The highest BCUT2D eigenvalue weighted by Gasteiger charge is 2.44. The first-order chi connectivity index (χ1) is 17.6. The lowest BCUT2D eigenvalue weighted by Gasteiger charge is -2.40. The summed E-state index contributed by atoms with van der Waals surface area (Å²) in [5, 5.41) is 16.4. The minimum atomic E-state index is -1.11. The van der Waals surface area contributed by atoms with Crippen molar-refractivity contribution >= 4 is 40.8 Å². The second kappa shape index (κ2) is 9.97. The molecule has 3 heterocycles. The van der Waals surface area contributed by atoms with Crippen LogP contribution in [0.15, 0.2) is 36.5 Å². The molecular weight excluding hydrogens is 515 g/mol. The summed E-state index contributed by atoms with van der Waals surface area (Å²) >= 11 is 12.2. The maximum atomic E-state index is 13.1. The van der Waals surface area contributed by atoms with Gasteiger partial charge in [-0.3, -0.25) is 9.59 Å². The van der Waals surface area contributed by atoms with E-state index in [0.717, 1.165) is 44.3 Å². The summed E-state index contributed by atoms with van der Waals surface area (Å²) in [6.07, 6.45) is 6.88. The van der Waals surface area contributed by atoms with Gasteiger partial charge in [-0.1, -0.05) is 23.2 Å². The number of aliphatic hydroxyl groups is 1. The van der Waals surface area contributed by atoms with Crippen LogP contribution >= 0.6 is 23.2 Å². The molecule has 1 aromatic carbocycles. The number of ether oxygens (including phenoxy) is 1. The van der Waals surface area contributed by atoms with Gasteiger partial charge in [-0.15, -0.1) is 0 Å². The Bertz CT molecular complexity index is 1170. The van der Waals surface area contributed by atoms with Crippen LogP contribution in [0.3, 0.4) is 0 Å². The highest BCUT2D eigenvalue weighted by molar-refractivity contribution is 6.35. The molecule has 5 rings (SSSR count). The zero-order chi connectivity index (χ0) is 26.4. The quantitative estimate of drug-likeness (QED) is 0.460. The fourth-order valence-electron chi connectivity index (χ4n) is 5.37. The molecule has 1 unspecified atom stereocenters. The molecule has 2 bridgehead atoms. The van der Waals surface area contributed by atoms with Gasteiger partial charge >= 0.3 is 0 Å². The fourth-order valence-corrected chi connectivity index (χ4v) is 5.81. The molecule has 3 fully saturated rings. The molecule has 1 saturated carbocycles. The number of nitrogens with zero attached hydrogens (tertiary/aromatic N) is 2. The number of halogens is 2. The van der Waals surface area contributed by atoms with Gasteiger partial charge in [0.15, 0.2) is 5.60 Å². The van der Waals surface area contributed by atoms with Crippen molar-refractivity contribution in [3.8, 4) is 5.75 Å².